The fourth-order valence-corrected chi connectivity index (χ4v) is 3.42. The Balaban J connectivity index is 1.88. The lowest BCUT2D eigenvalue weighted by Gasteiger charge is -2.28. The molecule has 0 saturated heterocycles. The van der Waals surface area contributed by atoms with Crippen LogP contribution < -0.4 is 0 Å². The van der Waals surface area contributed by atoms with E-state index >= 15 is 0 Å². The molecular formula is C19H21FN2O. The first-order valence-corrected chi connectivity index (χ1v) is 8.09. The lowest BCUT2D eigenvalue weighted by molar-refractivity contribution is 0.0849. The van der Waals surface area contributed by atoms with E-state index in [1.54, 1.807) is 12.1 Å². The molecule has 23 heavy (non-hydrogen) atoms. The molecule has 4 heteroatoms. The van der Waals surface area contributed by atoms with E-state index in [4.69, 9.17) is 0 Å². The Labute approximate surface area is 135 Å². The number of aromatic nitrogens is 2. The zero-order chi connectivity index (χ0) is 16.4. The Morgan fingerprint density at radius 1 is 1.35 bits per heavy atom. The number of carbonyl (C=O) groups excluding carboxylic acids is 1. The third-order valence-corrected chi connectivity index (χ3v) is 4.71. The summed E-state index contributed by atoms with van der Waals surface area (Å²) in [5, 5.41) is 6.91. The molecule has 0 bridgehead atoms. The van der Waals surface area contributed by atoms with Crippen LogP contribution in [-0.4, -0.2) is 16.0 Å². The standard InChI is InChI=1S/C19H21FN2O/c1-3-13-6-4-5-7-15(13)19(23)16-9-8-14(11-17(16)20)18-10-12(2)21-22-18/h3,8-11,13,15H,1,4-7H2,2H3,(H,21,22). The van der Waals surface area contributed by atoms with E-state index in [-0.39, 0.29) is 23.2 Å². The van der Waals surface area contributed by atoms with Crippen LogP contribution in [0.5, 0.6) is 0 Å². The second-order valence-corrected chi connectivity index (χ2v) is 6.27. The third-order valence-electron chi connectivity index (χ3n) is 4.71. The van der Waals surface area contributed by atoms with E-state index in [0.29, 0.717) is 5.56 Å². The maximum Gasteiger partial charge on any atom is 0.169 e. The molecule has 1 aromatic carbocycles. The first-order valence-electron chi connectivity index (χ1n) is 8.09. The number of hydrogen-bond donors (Lipinski definition) is 1. The number of halogens is 1. The van der Waals surface area contributed by atoms with Crippen molar-refractivity contribution in [1.29, 1.82) is 0 Å². The number of nitrogens with one attached hydrogen (secondary N) is 1. The van der Waals surface area contributed by atoms with Gasteiger partial charge in [0.05, 0.1) is 17.0 Å². The van der Waals surface area contributed by atoms with Crippen LogP contribution in [-0.2, 0) is 0 Å². The molecule has 2 atom stereocenters. The fraction of sp³-hybridized carbons (Fsp3) is 0.368. The van der Waals surface area contributed by atoms with Crippen molar-refractivity contribution in [2.75, 3.05) is 0 Å². The monoisotopic (exact) mass is 312 g/mol. The highest BCUT2D eigenvalue weighted by atomic mass is 19.1. The maximum atomic E-state index is 14.5. The number of hydrogen-bond acceptors (Lipinski definition) is 2. The summed E-state index contributed by atoms with van der Waals surface area (Å²) in [6, 6.07) is 6.63. The van der Waals surface area contributed by atoms with E-state index < -0.39 is 5.82 Å². The number of nitrogens with zero attached hydrogens (tertiary/aromatic N) is 1. The zero-order valence-electron chi connectivity index (χ0n) is 13.3. The SMILES string of the molecule is C=CC1CCCCC1C(=O)c1ccc(-c2cc(C)n[nH]2)cc1F. The predicted octanol–water partition coefficient (Wildman–Crippen LogP) is 4.70. The van der Waals surface area contributed by atoms with Gasteiger partial charge in [-0.1, -0.05) is 25.0 Å². The van der Waals surface area contributed by atoms with Crippen LogP contribution in [0.15, 0.2) is 36.9 Å². The minimum Gasteiger partial charge on any atom is -0.294 e. The summed E-state index contributed by atoms with van der Waals surface area (Å²) in [6.07, 6.45) is 5.76. The largest absolute Gasteiger partial charge is 0.294 e. The molecule has 0 amide bonds. The number of aromatic amines is 1. The Morgan fingerprint density at radius 3 is 2.78 bits per heavy atom. The van der Waals surface area contributed by atoms with Crippen molar-refractivity contribution in [1.82, 2.24) is 10.2 Å². The van der Waals surface area contributed by atoms with Gasteiger partial charge in [-0.15, -0.1) is 6.58 Å². The smallest absolute Gasteiger partial charge is 0.169 e. The van der Waals surface area contributed by atoms with Gasteiger partial charge in [0.25, 0.3) is 0 Å². The zero-order valence-corrected chi connectivity index (χ0v) is 13.3. The van der Waals surface area contributed by atoms with Crippen LogP contribution >= 0.6 is 0 Å². The summed E-state index contributed by atoms with van der Waals surface area (Å²) >= 11 is 0. The summed E-state index contributed by atoms with van der Waals surface area (Å²) < 4.78 is 14.5. The summed E-state index contributed by atoms with van der Waals surface area (Å²) in [5.74, 6) is -0.547. The van der Waals surface area contributed by atoms with Crippen molar-refractivity contribution in [2.45, 2.75) is 32.6 Å². The molecular weight excluding hydrogens is 291 g/mol. The van der Waals surface area contributed by atoms with Gasteiger partial charge < -0.3 is 0 Å². The van der Waals surface area contributed by atoms with Gasteiger partial charge in [-0.05, 0) is 43.9 Å². The van der Waals surface area contributed by atoms with Gasteiger partial charge >= 0.3 is 0 Å². The molecule has 1 fully saturated rings. The molecule has 1 heterocycles. The number of benzene rings is 1. The highest BCUT2D eigenvalue weighted by Gasteiger charge is 2.31. The highest BCUT2D eigenvalue weighted by Crippen LogP contribution is 2.34. The van der Waals surface area contributed by atoms with Crippen LogP contribution in [0.4, 0.5) is 4.39 Å². The van der Waals surface area contributed by atoms with E-state index in [1.165, 1.54) is 6.07 Å². The molecule has 1 N–H and O–H groups in total. The van der Waals surface area contributed by atoms with Crippen molar-refractivity contribution >= 4 is 5.78 Å². The van der Waals surface area contributed by atoms with Crippen LogP contribution in [0.25, 0.3) is 11.3 Å². The molecule has 120 valence electrons. The van der Waals surface area contributed by atoms with E-state index in [2.05, 4.69) is 16.8 Å². The Morgan fingerprint density at radius 2 is 2.13 bits per heavy atom. The number of rotatable bonds is 4. The fourth-order valence-electron chi connectivity index (χ4n) is 3.42. The molecule has 2 unspecified atom stereocenters. The van der Waals surface area contributed by atoms with Crippen LogP contribution in [0.3, 0.4) is 0 Å². The molecule has 2 aromatic rings. The number of aryl methyl sites for hydroxylation is 1. The van der Waals surface area contributed by atoms with Crippen LogP contribution in [0.1, 0.15) is 41.7 Å². The molecule has 0 spiro atoms. The molecule has 3 rings (SSSR count). The van der Waals surface area contributed by atoms with Gasteiger partial charge in [0.2, 0.25) is 0 Å². The summed E-state index contributed by atoms with van der Waals surface area (Å²) in [6.45, 7) is 5.70. The Hall–Kier alpha value is -2.23. The molecule has 0 aliphatic heterocycles. The van der Waals surface area contributed by atoms with Gasteiger partial charge in [0.1, 0.15) is 5.82 Å². The average molecular weight is 312 g/mol. The Kier molecular flexibility index (Phi) is 4.42. The number of allylic oxidation sites excluding steroid dienone is 1. The van der Waals surface area contributed by atoms with Crippen LogP contribution in [0, 0.1) is 24.6 Å². The molecule has 1 aliphatic carbocycles. The van der Waals surface area contributed by atoms with Gasteiger partial charge in [-0.2, -0.15) is 5.10 Å². The quantitative estimate of drug-likeness (QED) is 0.657. The minimum atomic E-state index is -0.465. The number of carbonyl (C=O) groups is 1. The van der Waals surface area contributed by atoms with E-state index in [0.717, 1.165) is 37.1 Å². The first kappa shape index (κ1) is 15.7. The summed E-state index contributed by atoms with van der Waals surface area (Å²) in [5.41, 5.74) is 2.48. The second kappa shape index (κ2) is 6.49. The van der Waals surface area contributed by atoms with Crippen molar-refractivity contribution in [3.05, 3.63) is 54.0 Å². The average Bonchev–Trinajstić information content (AvgIpc) is 3.00. The normalized spacial score (nSPS) is 21.1. The molecule has 0 radical (unpaired) electrons. The van der Waals surface area contributed by atoms with Gasteiger partial charge in [0, 0.05) is 11.5 Å². The van der Waals surface area contributed by atoms with Gasteiger partial charge in [0.15, 0.2) is 5.78 Å². The number of ketones is 1. The lowest BCUT2D eigenvalue weighted by atomic mass is 9.75. The first-order chi connectivity index (χ1) is 11.1. The topological polar surface area (TPSA) is 45.8 Å². The van der Waals surface area contributed by atoms with Gasteiger partial charge in [-0.3, -0.25) is 9.89 Å². The number of Topliss-reactive ketones (excluding diaryl/α,β-unsaturated/α-hetero) is 1. The van der Waals surface area contributed by atoms with Crippen molar-refractivity contribution in [3.8, 4) is 11.3 Å². The number of H-pyrrole nitrogens is 1. The van der Waals surface area contributed by atoms with Gasteiger partial charge in [-0.25, -0.2) is 4.39 Å². The molecule has 1 saturated carbocycles. The van der Waals surface area contributed by atoms with Crippen molar-refractivity contribution < 1.29 is 9.18 Å². The van der Waals surface area contributed by atoms with E-state index in [1.807, 2.05) is 19.1 Å². The van der Waals surface area contributed by atoms with Crippen molar-refractivity contribution in [2.24, 2.45) is 11.8 Å². The predicted molar refractivity (Wildman–Crippen MR) is 88.7 cm³/mol. The maximum absolute atomic E-state index is 14.5. The molecule has 1 aliphatic rings. The highest BCUT2D eigenvalue weighted by molar-refractivity contribution is 5.98. The Bertz CT molecular complexity index is 735. The molecule has 1 aromatic heterocycles. The minimum absolute atomic E-state index is 0.0977. The lowest BCUT2D eigenvalue weighted by Crippen LogP contribution is -2.26. The van der Waals surface area contributed by atoms with Crippen molar-refractivity contribution in [3.63, 3.8) is 0 Å². The van der Waals surface area contributed by atoms with E-state index in [9.17, 15) is 9.18 Å². The van der Waals surface area contributed by atoms with Crippen LogP contribution in [0.2, 0.25) is 0 Å². The summed E-state index contributed by atoms with van der Waals surface area (Å²) in [4.78, 5) is 12.7. The third kappa shape index (κ3) is 3.11. The molecule has 3 nitrogen and oxygen atoms in total. The second-order valence-electron chi connectivity index (χ2n) is 6.27. The summed E-state index contributed by atoms with van der Waals surface area (Å²) in [7, 11) is 0.